The summed E-state index contributed by atoms with van der Waals surface area (Å²) >= 11 is 7.46. The summed E-state index contributed by atoms with van der Waals surface area (Å²) in [4.78, 5) is 19.4. The van der Waals surface area contributed by atoms with Gasteiger partial charge < -0.3 is 10.3 Å². The van der Waals surface area contributed by atoms with Gasteiger partial charge in [-0.2, -0.15) is 0 Å². The van der Waals surface area contributed by atoms with Crippen molar-refractivity contribution in [3.05, 3.63) is 39.4 Å². The molecule has 0 atom stereocenters. The van der Waals surface area contributed by atoms with E-state index in [0.29, 0.717) is 22.1 Å². The standard InChI is InChI=1S/C13H12ClN3OS/c1-2-15-6-10-16-11-8-5-7(14)3-4-9(8)19-12(11)13(18)17-10/h3-5,15H,2,6H2,1H3,(H,16,17,18). The van der Waals surface area contributed by atoms with E-state index in [4.69, 9.17) is 11.6 Å². The second-order valence-electron chi connectivity index (χ2n) is 4.21. The van der Waals surface area contributed by atoms with Gasteiger partial charge in [-0.3, -0.25) is 4.79 Å². The Hall–Kier alpha value is -1.43. The molecule has 0 aliphatic heterocycles. The van der Waals surface area contributed by atoms with Crippen LogP contribution in [0.1, 0.15) is 12.7 Å². The van der Waals surface area contributed by atoms with Gasteiger partial charge in [-0.15, -0.1) is 11.3 Å². The molecular weight excluding hydrogens is 282 g/mol. The van der Waals surface area contributed by atoms with Crippen molar-refractivity contribution in [3.8, 4) is 0 Å². The summed E-state index contributed by atoms with van der Waals surface area (Å²) in [6.45, 7) is 3.40. The maximum atomic E-state index is 12.1. The van der Waals surface area contributed by atoms with Crippen LogP contribution in [0.5, 0.6) is 0 Å². The summed E-state index contributed by atoms with van der Waals surface area (Å²) < 4.78 is 1.68. The van der Waals surface area contributed by atoms with Gasteiger partial charge in [0.05, 0.1) is 12.1 Å². The lowest BCUT2D eigenvalue weighted by Gasteiger charge is -2.01. The monoisotopic (exact) mass is 293 g/mol. The van der Waals surface area contributed by atoms with Crippen LogP contribution < -0.4 is 10.9 Å². The Bertz CT molecular complexity index is 809. The average Bonchev–Trinajstić information content (AvgIpc) is 2.75. The van der Waals surface area contributed by atoms with Crippen molar-refractivity contribution in [1.82, 2.24) is 15.3 Å². The second-order valence-corrected chi connectivity index (χ2v) is 5.70. The van der Waals surface area contributed by atoms with Gasteiger partial charge in [0.2, 0.25) is 0 Å². The highest BCUT2D eigenvalue weighted by Gasteiger charge is 2.11. The molecule has 0 aliphatic rings. The fourth-order valence-corrected chi connectivity index (χ4v) is 3.19. The van der Waals surface area contributed by atoms with Gasteiger partial charge >= 0.3 is 0 Å². The van der Waals surface area contributed by atoms with Gasteiger partial charge in [0.1, 0.15) is 10.5 Å². The van der Waals surface area contributed by atoms with Crippen LogP contribution in [0.15, 0.2) is 23.0 Å². The van der Waals surface area contributed by atoms with Gasteiger partial charge in [-0.1, -0.05) is 18.5 Å². The number of hydrogen-bond donors (Lipinski definition) is 2. The zero-order chi connectivity index (χ0) is 13.4. The molecule has 3 aromatic rings. The molecule has 0 radical (unpaired) electrons. The quantitative estimate of drug-likeness (QED) is 0.781. The summed E-state index contributed by atoms with van der Waals surface area (Å²) in [5, 5.41) is 4.75. The van der Waals surface area contributed by atoms with Crippen molar-refractivity contribution in [3.63, 3.8) is 0 Å². The van der Waals surface area contributed by atoms with Crippen molar-refractivity contribution in [1.29, 1.82) is 0 Å². The minimum Gasteiger partial charge on any atom is -0.310 e. The van der Waals surface area contributed by atoms with Crippen LogP contribution in [-0.4, -0.2) is 16.5 Å². The summed E-state index contributed by atoms with van der Waals surface area (Å²) in [7, 11) is 0. The first-order valence-electron chi connectivity index (χ1n) is 6.00. The Kier molecular flexibility index (Phi) is 3.26. The van der Waals surface area contributed by atoms with Crippen molar-refractivity contribution >= 4 is 43.2 Å². The van der Waals surface area contributed by atoms with Crippen LogP contribution >= 0.6 is 22.9 Å². The molecule has 2 aromatic heterocycles. The van der Waals surface area contributed by atoms with Crippen LogP contribution in [0.25, 0.3) is 20.3 Å². The predicted molar refractivity (Wildman–Crippen MR) is 80.1 cm³/mol. The van der Waals surface area contributed by atoms with E-state index in [-0.39, 0.29) is 5.56 Å². The SMILES string of the molecule is CCNCc1nc2c(sc3ccc(Cl)cc32)c(=O)[nH]1. The lowest BCUT2D eigenvalue weighted by Crippen LogP contribution is -2.18. The molecular formula is C13H12ClN3OS. The number of benzene rings is 1. The first-order valence-corrected chi connectivity index (χ1v) is 7.20. The number of halogens is 1. The highest BCUT2D eigenvalue weighted by molar-refractivity contribution is 7.25. The van der Waals surface area contributed by atoms with Gasteiger partial charge in [0.15, 0.2) is 0 Å². The molecule has 0 amide bonds. The maximum Gasteiger partial charge on any atom is 0.268 e. The molecule has 19 heavy (non-hydrogen) atoms. The molecule has 0 aliphatic carbocycles. The van der Waals surface area contributed by atoms with E-state index in [1.165, 1.54) is 11.3 Å². The zero-order valence-electron chi connectivity index (χ0n) is 10.3. The minimum atomic E-state index is -0.0878. The second kappa shape index (κ2) is 4.92. The first kappa shape index (κ1) is 12.6. The number of aromatic nitrogens is 2. The van der Waals surface area contributed by atoms with Crippen molar-refractivity contribution in [2.45, 2.75) is 13.5 Å². The Morgan fingerprint density at radius 1 is 1.47 bits per heavy atom. The number of fused-ring (bicyclic) bond motifs is 3. The fraction of sp³-hybridized carbons (Fsp3) is 0.231. The molecule has 0 saturated carbocycles. The lowest BCUT2D eigenvalue weighted by molar-refractivity contribution is 0.691. The topological polar surface area (TPSA) is 57.8 Å². The number of aromatic amines is 1. The third-order valence-corrected chi connectivity index (χ3v) is 4.27. The van der Waals surface area contributed by atoms with Gasteiger partial charge in [0.25, 0.3) is 5.56 Å². The molecule has 98 valence electrons. The molecule has 0 fully saturated rings. The van der Waals surface area contributed by atoms with Crippen LogP contribution in [0.2, 0.25) is 5.02 Å². The molecule has 2 N–H and O–H groups in total. The molecule has 1 aromatic carbocycles. The normalized spacial score (nSPS) is 11.5. The Morgan fingerprint density at radius 3 is 3.11 bits per heavy atom. The highest BCUT2D eigenvalue weighted by atomic mass is 35.5. The Balaban J connectivity index is 2.28. The Morgan fingerprint density at radius 2 is 2.32 bits per heavy atom. The zero-order valence-corrected chi connectivity index (χ0v) is 11.9. The van der Waals surface area contributed by atoms with E-state index in [9.17, 15) is 4.79 Å². The molecule has 0 bridgehead atoms. The molecule has 3 rings (SSSR count). The average molecular weight is 294 g/mol. The number of thiophene rings is 1. The van der Waals surface area contributed by atoms with E-state index in [1.54, 1.807) is 0 Å². The minimum absolute atomic E-state index is 0.0878. The van der Waals surface area contributed by atoms with Gasteiger partial charge in [-0.25, -0.2) is 4.98 Å². The van der Waals surface area contributed by atoms with E-state index < -0.39 is 0 Å². The summed E-state index contributed by atoms with van der Waals surface area (Å²) in [6, 6.07) is 5.61. The first-order chi connectivity index (χ1) is 9.19. The molecule has 0 saturated heterocycles. The van der Waals surface area contributed by atoms with Crippen LogP contribution in [0, 0.1) is 0 Å². The molecule has 2 heterocycles. The summed E-state index contributed by atoms with van der Waals surface area (Å²) in [5.74, 6) is 0.652. The predicted octanol–water partition coefficient (Wildman–Crippen LogP) is 2.90. The Labute approximate surface area is 118 Å². The van der Waals surface area contributed by atoms with E-state index in [0.717, 1.165) is 22.1 Å². The number of rotatable bonds is 3. The van der Waals surface area contributed by atoms with Gasteiger partial charge in [0, 0.05) is 15.1 Å². The maximum absolute atomic E-state index is 12.1. The lowest BCUT2D eigenvalue weighted by atomic mass is 10.2. The van der Waals surface area contributed by atoms with Crippen LogP contribution in [0.3, 0.4) is 0 Å². The summed E-state index contributed by atoms with van der Waals surface area (Å²) in [5.41, 5.74) is 0.648. The van der Waals surface area contributed by atoms with Crippen molar-refractivity contribution in [2.75, 3.05) is 6.54 Å². The number of H-pyrrole nitrogens is 1. The summed E-state index contributed by atoms with van der Waals surface area (Å²) in [6.07, 6.45) is 0. The molecule has 4 nitrogen and oxygen atoms in total. The number of hydrogen-bond acceptors (Lipinski definition) is 4. The van der Waals surface area contributed by atoms with Crippen LogP contribution in [-0.2, 0) is 6.54 Å². The third kappa shape index (κ3) is 2.25. The fourth-order valence-electron chi connectivity index (χ4n) is 2.00. The highest BCUT2D eigenvalue weighted by Crippen LogP contribution is 2.32. The molecule has 6 heteroatoms. The van der Waals surface area contributed by atoms with Crippen molar-refractivity contribution < 1.29 is 0 Å². The molecule has 0 spiro atoms. The van der Waals surface area contributed by atoms with E-state index in [1.807, 2.05) is 25.1 Å². The smallest absolute Gasteiger partial charge is 0.268 e. The molecule has 0 unspecified atom stereocenters. The van der Waals surface area contributed by atoms with Gasteiger partial charge in [-0.05, 0) is 24.7 Å². The van der Waals surface area contributed by atoms with E-state index >= 15 is 0 Å². The largest absolute Gasteiger partial charge is 0.310 e. The van der Waals surface area contributed by atoms with E-state index in [2.05, 4.69) is 15.3 Å². The van der Waals surface area contributed by atoms with Crippen LogP contribution in [0.4, 0.5) is 0 Å². The third-order valence-electron chi connectivity index (χ3n) is 2.88. The number of nitrogens with zero attached hydrogens (tertiary/aromatic N) is 1. The number of nitrogens with one attached hydrogen (secondary N) is 2. The van der Waals surface area contributed by atoms with Crippen molar-refractivity contribution in [2.24, 2.45) is 0 Å².